The molecule has 0 radical (unpaired) electrons. The van der Waals surface area contributed by atoms with Crippen molar-refractivity contribution in [1.82, 2.24) is 10.3 Å². The number of nitrogens with one attached hydrogen (secondary N) is 1. The quantitative estimate of drug-likeness (QED) is 0.766. The predicted molar refractivity (Wildman–Crippen MR) is 88.9 cm³/mol. The lowest BCUT2D eigenvalue weighted by Crippen LogP contribution is -2.26. The van der Waals surface area contributed by atoms with E-state index in [9.17, 15) is 0 Å². The molecule has 20 heavy (non-hydrogen) atoms. The van der Waals surface area contributed by atoms with E-state index in [4.69, 9.17) is 4.98 Å². The summed E-state index contributed by atoms with van der Waals surface area (Å²) in [4.78, 5) is 8.94. The molecule has 4 heteroatoms. The van der Waals surface area contributed by atoms with Crippen LogP contribution in [0.3, 0.4) is 0 Å². The molecule has 1 aromatic rings. The van der Waals surface area contributed by atoms with Gasteiger partial charge in [0.25, 0.3) is 0 Å². The number of aromatic nitrogens is 1. The minimum absolute atomic E-state index is 0.566. The fraction of sp³-hybridized carbons (Fsp3) is 0.812. The van der Waals surface area contributed by atoms with Gasteiger partial charge in [0.2, 0.25) is 0 Å². The van der Waals surface area contributed by atoms with Gasteiger partial charge in [-0.3, -0.25) is 0 Å². The van der Waals surface area contributed by atoms with Crippen molar-refractivity contribution < 1.29 is 0 Å². The SMILES string of the molecule is CCCNCc1sc(N2CCCC2C)nc1C(C)CC. The summed E-state index contributed by atoms with van der Waals surface area (Å²) in [6.45, 7) is 12.3. The highest BCUT2D eigenvalue weighted by atomic mass is 32.1. The van der Waals surface area contributed by atoms with Crippen LogP contribution in [0.2, 0.25) is 0 Å². The van der Waals surface area contributed by atoms with Crippen LogP contribution in [0.4, 0.5) is 5.13 Å². The number of hydrogen-bond donors (Lipinski definition) is 1. The molecule has 0 spiro atoms. The van der Waals surface area contributed by atoms with Crippen LogP contribution in [0.1, 0.15) is 69.9 Å². The second-order valence-electron chi connectivity index (χ2n) is 5.98. The summed E-state index contributed by atoms with van der Waals surface area (Å²) in [6, 6.07) is 0.655. The highest BCUT2D eigenvalue weighted by Gasteiger charge is 2.25. The molecule has 2 unspecified atom stereocenters. The maximum Gasteiger partial charge on any atom is 0.186 e. The second kappa shape index (κ2) is 7.41. The minimum Gasteiger partial charge on any atom is -0.345 e. The van der Waals surface area contributed by atoms with Crippen LogP contribution in [-0.4, -0.2) is 24.1 Å². The molecule has 2 heterocycles. The molecule has 2 atom stereocenters. The monoisotopic (exact) mass is 295 g/mol. The van der Waals surface area contributed by atoms with E-state index in [-0.39, 0.29) is 0 Å². The predicted octanol–water partition coefficient (Wildman–Crippen LogP) is 4.14. The third-order valence-electron chi connectivity index (χ3n) is 4.31. The van der Waals surface area contributed by atoms with E-state index in [2.05, 4.69) is 37.9 Å². The average Bonchev–Trinajstić information content (AvgIpc) is 3.04. The maximum atomic E-state index is 5.00. The van der Waals surface area contributed by atoms with Crippen LogP contribution in [0.25, 0.3) is 0 Å². The summed E-state index contributed by atoms with van der Waals surface area (Å²) in [5.74, 6) is 0.566. The summed E-state index contributed by atoms with van der Waals surface area (Å²) < 4.78 is 0. The van der Waals surface area contributed by atoms with Gasteiger partial charge in [0.1, 0.15) is 0 Å². The Balaban J connectivity index is 2.17. The summed E-state index contributed by atoms with van der Waals surface area (Å²) in [6.07, 6.45) is 4.97. The summed E-state index contributed by atoms with van der Waals surface area (Å²) in [7, 11) is 0. The second-order valence-corrected chi connectivity index (χ2v) is 7.04. The molecule has 1 fully saturated rings. The average molecular weight is 295 g/mol. The number of hydrogen-bond acceptors (Lipinski definition) is 4. The Morgan fingerprint density at radius 3 is 2.85 bits per heavy atom. The van der Waals surface area contributed by atoms with Crippen molar-refractivity contribution in [3.8, 4) is 0 Å². The van der Waals surface area contributed by atoms with Crippen LogP contribution in [-0.2, 0) is 6.54 Å². The van der Waals surface area contributed by atoms with Crippen molar-refractivity contribution in [3.05, 3.63) is 10.6 Å². The smallest absolute Gasteiger partial charge is 0.186 e. The van der Waals surface area contributed by atoms with E-state index < -0.39 is 0 Å². The molecule has 1 aliphatic heterocycles. The van der Waals surface area contributed by atoms with Gasteiger partial charge in [-0.05, 0) is 45.1 Å². The number of anilines is 1. The Morgan fingerprint density at radius 2 is 2.25 bits per heavy atom. The highest BCUT2D eigenvalue weighted by Crippen LogP contribution is 2.35. The first-order valence-electron chi connectivity index (χ1n) is 8.14. The lowest BCUT2D eigenvalue weighted by atomic mass is 10.0. The van der Waals surface area contributed by atoms with Gasteiger partial charge in [0.05, 0.1) is 5.69 Å². The number of rotatable bonds is 7. The molecule has 3 nitrogen and oxygen atoms in total. The summed E-state index contributed by atoms with van der Waals surface area (Å²) in [5.41, 5.74) is 1.33. The molecule has 1 aromatic heterocycles. The molecule has 0 aromatic carbocycles. The standard InChI is InChI=1S/C16H29N3S/c1-5-9-17-11-14-15(12(3)6-2)18-16(20-14)19-10-7-8-13(19)4/h12-13,17H,5-11H2,1-4H3. The summed E-state index contributed by atoms with van der Waals surface area (Å²) in [5, 5.41) is 4.79. The van der Waals surface area contributed by atoms with Gasteiger partial charge in [0.15, 0.2) is 5.13 Å². The number of nitrogens with zero attached hydrogens (tertiary/aromatic N) is 2. The van der Waals surface area contributed by atoms with Gasteiger partial charge in [-0.1, -0.05) is 20.8 Å². The van der Waals surface area contributed by atoms with E-state index in [1.807, 2.05) is 11.3 Å². The zero-order valence-electron chi connectivity index (χ0n) is 13.4. The van der Waals surface area contributed by atoms with Crippen LogP contribution in [0.15, 0.2) is 0 Å². The lowest BCUT2D eigenvalue weighted by molar-refractivity contribution is 0.654. The third kappa shape index (κ3) is 3.53. The Kier molecular flexibility index (Phi) is 5.85. The Bertz CT molecular complexity index is 416. The Hall–Kier alpha value is -0.610. The van der Waals surface area contributed by atoms with Gasteiger partial charge in [-0.25, -0.2) is 4.98 Å². The highest BCUT2D eigenvalue weighted by molar-refractivity contribution is 7.15. The van der Waals surface area contributed by atoms with Gasteiger partial charge >= 0.3 is 0 Å². The molecule has 0 bridgehead atoms. The zero-order chi connectivity index (χ0) is 14.5. The molecule has 1 saturated heterocycles. The topological polar surface area (TPSA) is 28.2 Å². The maximum absolute atomic E-state index is 5.00. The first kappa shape index (κ1) is 15.8. The van der Waals surface area contributed by atoms with Crippen molar-refractivity contribution in [2.75, 3.05) is 18.0 Å². The summed E-state index contributed by atoms with van der Waals surface area (Å²) >= 11 is 1.91. The lowest BCUT2D eigenvalue weighted by Gasteiger charge is -2.20. The molecular weight excluding hydrogens is 266 g/mol. The fourth-order valence-electron chi connectivity index (χ4n) is 2.77. The molecule has 0 aliphatic carbocycles. The van der Waals surface area contributed by atoms with Crippen LogP contribution in [0.5, 0.6) is 0 Å². The zero-order valence-corrected chi connectivity index (χ0v) is 14.2. The molecule has 114 valence electrons. The van der Waals surface area contributed by atoms with E-state index >= 15 is 0 Å². The minimum atomic E-state index is 0.566. The molecule has 0 saturated carbocycles. The van der Waals surface area contributed by atoms with E-state index in [1.165, 1.54) is 47.9 Å². The Morgan fingerprint density at radius 1 is 1.45 bits per heavy atom. The molecule has 1 aliphatic rings. The first-order valence-corrected chi connectivity index (χ1v) is 8.95. The van der Waals surface area contributed by atoms with E-state index in [0.29, 0.717) is 12.0 Å². The molecular formula is C16H29N3S. The van der Waals surface area contributed by atoms with Crippen molar-refractivity contribution in [1.29, 1.82) is 0 Å². The molecule has 0 amide bonds. The van der Waals surface area contributed by atoms with Gasteiger partial charge in [-0.2, -0.15) is 0 Å². The van der Waals surface area contributed by atoms with Crippen molar-refractivity contribution in [3.63, 3.8) is 0 Å². The Labute approximate surface area is 127 Å². The normalized spacial score (nSPS) is 20.6. The fourth-order valence-corrected chi connectivity index (χ4v) is 4.05. The van der Waals surface area contributed by atoms with E-state index in [0.717, 1.165) is 13.1 Å². The molecule has 1 N–H and O–H groups in total. The van der Waals surface area contributed by atoms with Crippen molar-refractivity contribution in [2.45, 2.75) is 71.9 Å². The van der Waals surface area contributed by atoms with Gasteiger partial charge in [-0.15, -0.1) is 11.3 Å². The van der Waals surface area contributed by atoms with Crippen LogP contribution >= 0.6 is 11.3 Å². The van der Waals surface area contributed by atoms with Crippen LogP contribution < -0.4 is 10.2 Å². The largest absolute Gasteiger partial charge is 0.345 e. The van der Waals surface area contributed by atoms with Crippen molar-refractivity contribution in [2.24, 2.45) is 0 Å². The molecule has 2 rings (SSSR count). The van der Waals surface area contributed by atoms with Crippen LogP contribution in [0, 0.1) is 0 Å². The van der Waals surface area contributed by atoms with Crippen molar-refractivity contribution >= 4 is 16.5 Å². The van der Waals surface area contributed by atoms with Gasteiger partial charge in [0, 0.05) is 24.0 Å². The third-order valence-corrected chi connectivity index (χ3v) is 5.41. The number of thiazole rings is 1. The van der Waals surface area contributed by atoms with E-state index in [1.54, 1.807) is 0 Å². The first-order chi connectivity index (χ1) is 9.67. The van der Waals surface area contributed by atoms with Gasteiger partial charge < -0.3 is 10.2 Å².